The number of nitrogens with two attached hydrogens (primary N) is 1. The van der Waals surface area contributed by atoms with E-state index in [1.54, 1.807) is 12.1 Å². The first kappa shape index (κ1) is 10.4. The van der Waals surface area contributed by atoms with Gasteiger partial charge in [0.05, 0.1) is 5.69 Å². The van der Waals surface area contributed by atoms with Crippen LogP contribution < -0.4 is 11.3 Å². The predicted octanol–water partition coefficient (Wildman–Crippen LogP) is 1.71. The first-order chi connectivity index (χ1) is 7.70. The van der Waals surface area contributed by atoms with Crippen molar-refractivity contribution in [1.82, 2.24) is 10.2 Å². The Balaban J connectivity index is 2.38. The number of nitrogen functional groups attached to an aromatic ring is 1. The van der Waals surface area contributed by atoms with Crippen molar-refractivity contribution in [1.29, 1.82) is 0 Å². The molecule has 0 fully saturated rings. The summed E-state index contributed by atoms with van der Waals surface area (Å²) in [6, 6.07) is 6.73. The van der Waals surface area contributed by atoms with Gasteiger partial charge in [0.25, 0.3) is 0 Å². The van der Waals surface area contributed by atoms with Gasteiger partial charge in [0.15, 0.2) is 17.5 Å². The zero-order chi connectivity index (χ0) is 11.5. The minimum atomic E-state index is -0.916. The molecule has 1 heterocycles. The highest BCUT2D eigenvalue weighted by Crippen LogP contribution is 2.19. The number of hydrazine groups is 1. The molecule has 0 aliphatic heterocycles. The van der Waals surface area contributed by atoms with E-state index in [2.05, 4.69) is 15.6 Å². The summed E-state index contributed by atoms with van der Waals surface area (Å²) < 4.78 is 25.7. The van der Waals surface area contributed by atoms with E-state index in [0.29, 0.717) is 17.1 Å². The van der Waals surface area contributed by atoms with E-state index < -0.39 is 11.6 Å². The van der Waals surface area contributed by atoms with Crippen molar-refractivity contribution < 1.29 is 8.78 Å². The molecule has 6 heteroatoms. The third-order valence-electron chi connectivity index (χ3n) is 2.03. The Hall–Kier alpha value is -2.08. The first-order valence-electron chi connectivity index (χ1n) is 4.46. The second-order valence-electron chi connectivity index (χ2n) is 3.08. The monoisotopic (exact) mass is 222 g/mol. The Morgan fingerprint density at radius 1 is 1.00 bits per heavy atom. The molecule has 82 valence electrons. The largest absolute Gasteiger partial charge is 0.307 e. The highest BCUT2D eigenvalue weighted by atomic mass is 19.2. The number of anilines is 1. The first-order valence-corrected chi connectivity index (χ1v) is 4.46. The molecule has 1 aromatic heterocycles. The minimum absolute atomic E-state index is 0.395. The summed E-state index contributed by atoms with van der Waals surface area (Å²) in [6.07, 6.45) is 0. The second kappa shape index (κ2) is 4.19. The van der Waals surface area contributed by atoms with E-state index in [1.807, 2.05) is 0 Å². The number of halogens is 2. The molecular formula is C10H8F2N4. The number of nitrogens with one attached hydrogen (secondary N) is 1. The fourth-order valence-corrected chi connectivity index (χ4v) is 1.22. The van der Waals surface area contributed by atoms with Gasteiger partial charge >= 0.3 is 0 Å². The number of rotatable bonds is 2. The number of aromatic nitrogens is 2. The van der Waals surface area contributed by atoms with Gasteiger partial charge in [-0.15, -0.1) is 10.2 Å². The summed E-state index contributed by atoms with van der Waals surface area (Å²) in [5.74, 6) is 3.71. The van der Waals surface area contributed by atoms with Crippen LogP contribution >= 0.6 is 0 Å². The van der Waals surface area contributed by atoms with E-state index >= 15 is 0 Å². The molecular weight excluding hydrogens is 214 g/mol. The van der Waals surface area contributed by atoms with Crippen molar-refractivity contribution in [3.05, 3.63) is 42.0 Å². The van der Waals surface area contributed by atoms with Gasteiger partial charge < -0.3 is 5.43 Å². The van der Waals surface area contributed by atoms with Crippen LogP contribution in [0.4, 0.5) is 14.6 Å². The fraction of sp³-hybridized carbons (Fsp3) is 0. The summed E-state index contributed by atoms with van der Waals surface area (Å²) in [6.45, 7) is 0. The lowest BCUT2D eigenvalue weighted by molar-refractivity contribution is 0.509. The van der Waals surface area contributed by atoms with Crippen molar-refractivity contribution in [2.75, 3.05) is 5.43 Å². The zero-order valence-electron chi connectivity index (χ0n) is 8.11. The van der Waals surface area contributed by atoms with E-state index in [0.717, 1.165) is 12.1 Å². The van der Waals surface area contributed by atoms with Gasteiger partial charge in [-0.05, 0) is 30.3 Å². The average Bonchev–Trinajstić information content (AvgIpc) is 2.33. The third-order valence-corrected chi connectivity index (χ3v) is 2.03. The van der Waals surface area contributed by atoms with Crippen LogP contribution in [0.2, 0.25) is 0 Å². The third kappa shape index (κ3) is 1.96. The SMILES string of the molecule is NNc1ccc(-c2ccc(F)c(F)c2)nn1. The van der Waals surface area contributed by atoms with Gasteiger partial charge in [-0.1, -0.05) is 0 Å². The van der Waals surface area contributed by atoms with Crippen molar-refractivity contribution in [3.8, 4) is 11.3 Å². The Morgan fingerprint density at radius 2 is 1.81 bits per heavy atom. The standard InChI is InChI=1S/C10H8F2N4/c11-7-2-1-6(5-8(7)12)9-3-4-10(14-13)16-15-9/h1-5H,13H2,(H,14,16). The van der Waals surface area contributed by atoms with Crippen LogP contribution in [0.5, 0.6) is 0 Å². The summed E-state index contributed by atoms with van der Waals surface area (Å²) in [4.78, 5) is 0. The number of hydrogen-bond acceptors (Lipinski definition) is 4. The zero-order valence-corrected chi connectivity index (χ0v) is 8.11. The minimum Gasteiger partial charge on any atom is -0.307 e. The van der Waals surface area contributed by atoms with Gasteiger partial charge in [0.2, 0.25) is 0 Å². The molecule has 0 amide bonds. The molecule has 3 N–H and O–H groups in total. The van der Waals surface area contributed by atoms with Crippen LogP contribution in [0, 0.1) is 11.6 Å². The molecule has 0 radical (unpaired) electrons. The molecule has 2 aromatic rings. The Morgan fingerprint density at radius 3 is 2.38 bits per heavy atom. The molecule has 0 aliphatic carbocycles. The van der Waals surface area contributed by atoms with E-state index in [1.165, 1.54) is 6.07 Å². The predicted molar refractivity (Wildman–Crippen MR) is 55.2 cm³/mol. The van der Waals surface area contributed by atoms with Crippen LogP contribution in [0.1, 0.15) is 0 Å². The lowest BCUT2D eigenvalue weighted by atomic mass is 10.1. The van der Waals surface area contributed by atoms with Gasteiger partial charge in [-0.2, -0.15) is 0 Å². The molecule has 0 saturated carbocycles. The molecule has 0 atom stereocenters. The maximum Gasteiger partial charge on any atom is 0.162 e. The molecule has 4 nitrogen and oxygen atoms in total. The lowest BCUT2D eigenvalue weighted by Gasteiger charge is -2.02. The van der Waals surface area contributed by atoms with Gasteiger partial charge in [0.1, 0.15) is 0 Å². The molecule has 0 unspecified atom stereocenters. The fourth-order valence-electron chi connectivity index (χ4n) is 1.22. The molecule has 0 saturated heterocycles. The van der Waals surface area contributed by atoms with Gasteiger partial charge in [-0.25, -0.2) is 14.6 Å². The quantitative estimate of drug-likeness (QED) is 0.599. The summed E-state index contributed by atoms with van der Waals surface area (Å²) in [5, 5.41) is 7.53. The van der Waals surface area contributed by atoms with Gasteiger partial charge in [-0.3, -0.25) is 0 Å². The summed E-state index contributed by atoms with van der Waals surface area (Å²) in [5.41, 5.74) is 3.21. The maximum atomic E-state index is 13.0. The molecule has 2 rings (SSSR count). The van der Waals surface area contributed by atoms with Crippen molar-refractivity contribution in [2.24, 2.45) is 5.84 Å². The van der Waals surface area contributed by atoms with E-state index in [-0.39, 0.29) is 0 Å². The summed E-state index contributed by atoms with van der Waals surface area (Å²) >= 11 is 0. The Kier molecular flexibility index (Phi) is 2.74. The number of benzene rings is 1. The topological polar surface area (TPSA) is 63.8 Å². The van der Waals surface area contributed by atoms with E-state index in [4.69, 9.17) is 5.84 Å². The number of hydrogen-bond donors (Lipinski definition) is 2. The lowest BCUT2D eigenvalue weighted by Crippen LogP contribution is -2.09. The average molecular weight is 222 g/mol. The van der Waals surface area contributed by atoms with Crippen LogP contribution in [0.25, 0.3) is 11.3 Å². The van der Waals surface area contributed by atoms with Crippen LogP contribution in [-0.2, 0) is 0 Å². The highest BCUT2D eigenvalue weighted by Gasteiger charge is 2.05. The molecule has 16 heavy (non-hydrogen) atoms. The highest BCUT2D eigenvalue weighted by molar-refractivity contribution is 5.59. The molecule has 1 aromatic carbocycles. The van der Waals surface area contributed by atoms with Crippen LogP contribution in [0.15, 0.2) is 30.3 Å². The van der Waals surface area contributed by atoms with Crippen LogP contribution in [-0.4, -0.2) is 10.2 Å². The van der Waals surface area contributed by atoms with Gasteiger partial charge in [0, 0.05) is 5.56 Å². The number of nitrogens with zero attached hydrogens (tertiary/aromatic N) is 2. The smallest absolute Gasteiger partial charge is 0.162 e. The maximum absolute atomic E-state index is 13.0. The summed E-state index contributed by atoms with van der Waals surface area (Å²) in [7, 11) is 0. The Labute approximate surface area is 90.1 Å². The second-order valence-corrected chi connectivity index (χ2v) is 3.08. The van der Waals surface area contributed by atoms with Crippen LogP contribution in [0.3, 0.4) is 0 Å². The Bertz CT molecular complexity index is 499. The van der Waals surface area contributed by atoms with Crippen molar-refractivity contribution >= 4 is 5.82 Å². The molecule has 0 aliphatic rings. The molecule has 0 spiro atoms. The van der Waals surface area contributed by atoms with Crippen molar-refractivity contribution in [2.45, 2.75) is 0 Å². The van der Waals surface area contributed by atoms with Crippen molar-refractivity contribution in [3.63, 3.8) is 0 Å². The molecule has 0 bridgehead atoms. The normalized spacial score (nSPS) is 10.2. The van der Waals surface area contributed by atoms with E-state index in [9.17, 15) is 8.78 Å².